The molecule has 2 fully saturated rings. The molecule has 1 aromatic heterocycles. The first-order valence-electron chi connectivity index (χ1n) is 10.1. The van der Waals surface area contributed by atoms with Crippen molar-refractivity contribution in [3.8, 4) is 11.4 Å². The summed E-state index contributed by atoms with van der Waals surface area (Å²) < 4.78 is 2.93. The average molecular weight is 384 g/mol. The van der Waals surface area contributed by atoms with Crippen molar-refractivity contribution in [3.63, 3.8) is 0 Å². The van der Waals surface area contributed by atoms with E-state index >= 15 is 0 Å². The number of hydrogen-bond acceptors (Lipinski definition) is 5. The van der Waals surface area contributed by atoms with Crippen LogP contribution in [0.3, 0.4) is 0 Å². The highest BCUT2D eigenvalue weighted by molar-refractivity contribution is 5.76. The highest BCUT2D eigenvalue weighted by Crippen LogP contribution is 2.26. The largest absolute Gasteiger partial charge is 0.346 e. The molecule has 3 heterocycles. The third-order valence-electron chi connectivity index (χ3n) is 5.98. The highest BCUT2D eigenvalue weighted by atomic mass is 16.2. The zero-order valence-electron chi connectivity index (χ0n) is 16.5. The summed E-state index contributed by atoms with van der Waals surface area (Å²) in [6, 6.07) is 10.4. The summed E-state index contributed by atoms with van der Waals surface area (Å²) in [6.07, 6.45) is 1.95. The van der Waals surface area contributed by atoms with Gasteiger partial charge in [-0.15, -0.1) is 5.10 Å². The minimum absolute atomic E-state index is 0.0132. The Kier molecular flexibility index (Phi) is 5.32. The second-order valence-electron chi connectivity index (χ2n) is 7.58. The lowest BCUT2D eigenvalue weighted by atomic mass is 9.87. The van der Waals surface area contributed by atoms with E-state index in [0.717, 1.165) is 24.9 Å². The maximum Gasteiger partial charge on any atom is 0.346 e. The predicted molar refractivity (Wildman–Crippen MR) is 106 cm³/mol. The normalized spacial score (nSPS) is 24.4. The van der Waals surface area contributed by atoms with Crippen LogP contribution in [-0.2, 0) is 17.9 Å². The van der Waals surface area contributed by atoms with Gasteiger partial charge in [-0.05, 0) is 19.8 Å². The minimum Gasteiger partial charge on any atom is -0.341 e. The van der Waals surface area contributed by atoms with Gasteiger partial charge in [0.15, 0.2) is 5.82 Å². The number of aromatic nitrogens is 3. The predicted octanol–water partition coefficient (Wildman–Crippen LogP) is 0.835. The molecule has 0 radical (unpaired) electrons. The fraction of sp³-hybridized carbons (Fsp3) is 0.550. The molecule has 3 atom stereocenters. The Morgan fingerprint density at radius 1 is 1.21 bits per heavy atom. The molecule has 2 aliphatic heterocycles. The molecule has 1 aromatic carbocycles. The van der Waals surface area contributed by atoms with E-state index in [2.05, 4.69) is 22.9 Å². The van der Waals surface area contributed by atoms with Crippen LogP contribution in [0.25, 0.3) is 11.4 Å². The number of amides is 1. The SMILES string of the molecule is CCC1NNC2CCN(C(=O)Cn3nc(-c4ccccc4)n(CC)c3=O)CC12. The third-order valence-corrected chi connectivity index (χ3v) is 5.98. The summed E-state index contributed by atoms with van der Waals surface area (Å²) in [4.78, 5) is 27.6. The topological polar surface area (TPSA) is 84.2 Å². The van der Waals surface area contributed by atoms with Crippen molar-refractivity contribution in [1.29, 1.82) is 0 Å². The number of carbonyl (C=O) groups is 1. The molecule has 2 aliphatic rings. The Bertz CT molecular complexity index is 884. The van der Waals surface area contributed by atoms with Gasteiger partial charge in [-0.2, -0.15) is 0 Å². The molecule has 2 N–H and O–H groups in total. The number of nitrogens with one attached hydrogen (secondary N) is 2. The number of carbonyl (C=O) groups excluding carboxylic acids is 1. The van der Waals surface area contributed by atoms with Gasteiger partial charge in [-0.3, -0.25) is 20.2 Å². The third kappa shape index (κ3) is 3.38. The Morgan fingerprint density at radius 3 is 2.71 bits per heavy atom. The number of hydrogen-bond donors (Lipinski definition) is 2. The molecule has 0 saturated carbocycles. The Balaban J connectivity index is 1.52. The molecule has 4 rings (SSSR count). The van der Waals surface area contributed by atoms with Crippen LogP contribution in [0.15, 0.2) is 35.1 Å². The van der Waals surface area contributed by atoms with Crippen LogP contribution in [0.2, 0.25) is 0 Å². The average Bonchev–Trinajstić information content (AvgIpc) is 3.28. The van der Waals surface area contributed by atoms with Gasteiger partial charge < -0.3 is 4.90 Å². The van der Waals surface area contributed by atoms with Crippen LogP contribution in [0.1, 0.15) is 26.7 Å². The number of hydrazine groups is 1. The van der Waals surface area contributed by atoms with E-state index in [0.29, 0.717) is 36.9 Å². The number of likely N-dealkylation sites (tertiary alicyclic amines) is 1. The zero-order valence-corrected chi connectivity index (χ0v) is 16.5. The maximum absolute atomic E-state index is 12.9. The van der Waals surface area contributed by atoms with E-state index in [9.17, 15) is 9.59 Å². The second-order valence-corrected chi connectivity index (χ2v) is 7.58. The second kappa shape index (κ2) is 7.89. The van der Waals surface area contributed by atoms with Crippen LogP contribution in [-0.4, -0.2) is 50.3 Å². The fourth-order valence-corrected chi connectivity index (χ4v) is 4.38. The molecule has 8 nitrogen and oxygen atoms in total. The Morgan fingerprint density at radius 2 is 2.00 bits per heavy atom. The van der Waals surface area contributed by atoms with Crippen molar-refractivity contribution < 1.29 is 4.79 Å². The summed E-state index contributed by atoms with van der Waals surface area (Å²) >= 11 is 0. The van der Waals surface area contributed by atoms with Gasteiger partial charge in [0.1, 0.15) is 6.54 Å². The molecule has 0 aliphatic carbocycles. The maximum atomic E-state index is 12.9. The fourth-order valence-electron chi connectivity index (χ4n) is 4.38. The standard InChI is InChI=1S/C20H28N6O2/c1-3-16-15-12-24(11-10-17(15)22-21-16)18(27)13-26-20(28)25(4-2)19(23-26)14-8-6-5-7-9-14/h5-9,15-17,21-22H,3-4,10-13H2,1-2H3. The number of fused-ring (bicyclic) bond motifs is 1. The lowest BCUT2D eigenvalue weighted by Crippen LogP contribution is -2.50. The summed E-state index contributed by atoms with van der Waals surface area (Å²) in [6.45, 7) is 6.00. The van der Waals surface area contributed by atoms with Crippen LogP contribution in [0.4, 0.5) is 0 Å². The monoisotopic (exact) mass is 384 g/mol. The first-order valence-corrected chi connectivity index (χ1v) is 10.1. The molecule has 28 heavy (non-hydrogen) atoms. The first kappa shape index (κ1) is 18.9. The van der Waals surface area contributed by atoms with Crippen molar-refractivity contribution in [3.05, 3.63) is 40.8 Å². The van der Waals surface area contributed by atoms with E-state index in [1.165, 1.54) is 4.68 Å². The van der Waals surface area contributed by atoms with Gasteiger partial charge in [0.05, 0.1) is 0 Å². The van der Waals surface area contributed by atoms with E-state index in [4.69, 9.17) is 0 Å². The molecule has 0 bridgehead atoms. The van der Waals surface area contributed by atoms with Gasteiger partial charge in [-0.1, -0.05) is 37.3 Å². The van der Waals surface area contributed by atoms with Crippen LogP contribution in [0.5, 0.6) is 0 Å². The van der Waals surface area contributed by atoms with E-state index in [1.807, 2.05) is 42.2 Å². The van der Waals surface area contributed by atoms with E-state index in [1.54, 1.807) is 4.57 Å². The summed E-state index contributed by atoms with van der Waals surface area (Å²) in [5, 5.41) is 4.48. The Hall–Kier alpha value is -2.45. The summed E-state index contributed by atoms with van der Waals surface area (Å²) in [7, 11) is 0. The smallest absolute Gasteiger partial charge is 0.341 e. The molecular formula is C20H28N6O2. The molecule has 2 saturated heterocycles. The lowest BCUT2D eigenvalue weighted by Gasteiger charge is -2.35. The first-order chi connectivity index (χ1) is 13.6. The number of nitrogens with zero attached hydrogens (tertiary/aromatic N) is 4. The highest BCUT2D eigenvalue weighted by Gasteiger charge is 2.40. The Labute approximate surface area is 164 Å². The van der Waals surface area contributed by atoms with E-state index in [-0.39, 0.29) is 18.1 Å². The number of piperidine rings is 1. The molecular weight excluding hydrogens is 356 g/mol. The summed E-state index contributed by atoms with van der Waals surface area (Å²) in [5.41, 5.74) is 7.34. The van der Waals surface area contributed by atoms with Crippen LogP contribution in [0, 0.1) is 5.92 Å². The molecule has 1 amide bonds. The van der Waals surface area contributed by atoms with Crippen molar-refractivity contribution >= 4 is 5.91 Å². The van der Waals surface area contributed by atoms with Crippen molar-refractivity contribution in [2.45, 2.75) is 51.9 Å². The molecule has 2 aromatic rings. The summed E-state index contributed by atoms with van der Waals surface area (Å²) in [5.74, 6) is 0.977. The van der Waals surface area contributed by atoms with E-state index < -0.39 is 0 Å². The number of rotatable bonds is 5. The van der Waals surface area contributed by atoms with Crippen molar-refractivity contribution in [2.24, 2.45) is 5.92 Å². The molecule has 0 spiro atoms. The quantitative estimate of drug-likeness (QED) is 0.798. The van der Waals surface area contributed by atoms with Crippen LogP contribution < -0.4 is 16.5 Å². The lowest BCUT2D eigenvalue weighted by molar-refractivity contribution is -0.134. The van der Waals surface area contributed by atoms with Gasteiger partial charge in [0.25, 0.3) is 0 Å². The van der Waals surface area contributed by atoms with Crippen molar-refractivity contribution in [1.82, 2.24) is 30.1 Å². The van der Waals surface area contributed by atoms with Gasteiger partial charge in [0, 0.05) is 43.2 Å². The molecule has 150 valence electrons. The van der Waals surface area contributed by atoms with Gasteiger partial charge >= 0.3 is 5.69 Å². The van der Waals surface area contributed by atoms with Crippen molar-refractivity contribution in [2.75, 3.05) is 13.1 Å². The molecule has 8 heteroatoms. The van der Waals surface area contributed by atoms with Crippen LogP contribution >= 0.6 is 0 Å². The van der Waals surface area contributed by atoms with Gasteiger partial charge in [0.2, 0.25) is 5.91 Å². The zero-order chi connectivity index (χ0) is 19.7. The number of benzene rings is 1. The molecule has 3 unspecified atom stereocenters. The minimum atomic E-state index is -0.236. The van der Waals surface area contributed by atoms with Gasteiger partial charge in [-0.25, -0.2) is 9.48 Å².